The maximum Gasteiger partial charge on any atom is 0.315 e. The number of anilines is 2. The number of carbonyl (C=O) groups excluding carboxylic acids is 2. The third-order valence-electron chi connectivity index (χ3n) is 5.78. The topological polar surface area (TPSA) is 102 Å². The first-order valence-electron chi connectivity index (χ1n) is 11.7. The minimum atomic E-state index is -0.276. The van der Waals surface area contributed by atoms with Gasteiger partial charge in [0.2, 0.25) is 5.91 Å². The van der Waals surface area contributed by atoms with Crippen molar-refractivity contribution in [1.29, 1.82) is 0 Å². The average Bonchev–Trinajstić information content (AvgIpc) is 3.46. The van der Waals surface area contributed by atoms with Crippen molar-refractivity contribution in [3.05, 3.63) is 54.4 Å². The molecule has 174 valence electrons. The molecule has 1 fully saturated rings. The van der Waals surface area contributed by atoms with E-state index in [1.165, 1.54) is 12.8 Å². The van der Waals surface area contributed by atoms with Crippen LogP contribution in [0, 0.1) is 0 Å². The molecule has 1 saturated heterocycles. The number of aromatic amines is 1. The van der Waals surface area contributed by atoms with Crippen molar-refractivity contribution in [2.24, 2.45) is 0 Å². The number of urea groups is 1. The number of imidazole rings is 1. The molecule has 8 nitrogen and oxygen atoms in total. The number of amides is 3. The molecule has 33 heavy (non-hydrogen) atoms. The zero-order valence-corrected chi connectivity index (χ0v) is 19.1. The van der Waals surface area contributed by atoms with E-state index in [1.54, 1.807) is 0 Å². The van der Waals surface area contributed by atoms with E-state index in [2.05, 4.69) is 36.9 Å². The zero-order chi connectivity index (χ0) is 23.0. The predicted molar refractivity (Wildman–Crippen MR) is 132 cm³/mol. The Morgan fingerprint density at radius 2 is 1.94 bits per heavy atom. The highest BCUT2D eigenvalue weighted by Crippen LogP contribution is 2.23. The molecular weight excluding hydrogens is 416 g/mol. The second-order valence-corrected chi connectivity index (χ2v) is 8.60. The van der Waals surface area contributed by atoms with Crippen LogP contribution in [-0.4, -0.2) is 47.6 Å². The zero-order valence-electron chi connectivity index (χ0n) is 19.1. The van der Waals surface area contributed by atoms with E-state index in [4.69, 9.17) is 0 Å². The van der Waals surface area contributed by atoms with Crippen LogP contribution in [0.2, 0.25) is 0 Å². The molecule has 2 heterocycles. The van der Waals surface area contributed by atoms with Gasteiger partial charge in [-0.15, -0.1) is 0 Å². The van der Waals surface area contributed by atoms with Crippen LogP contribution in [0.5, 0.6) is 0 Å². The van der Waals surface area contributed by atoms with Crippen LogP contribution in [0.1, 0.15) is 38.4 Å². The van der Waals surface area contributed by atoms with Gasteiger partial charge in [-0.3, -0.25) is 4.79 Å². The van der Waals surface area contributed by atoms with Crippen molar-refractivity contribution < 1.29 is 9.59 Å². The van der Waals surface area contributed by atoms with Crippen molar-refractivity contribution in [3.63, 3.8) is 0 Å². The molecule has 8 heteroatoms. The molecule has 0 radical (unpaired) electrons. The van der Waals surface area contributed by atoms with Crippen molar-refractivity contribution in [1.82, 2.24) is 20.6 Å². The second kappa shape index (κ2) is 10.8. The van der Waals surface area contributed by atoms with Gasteiger partial charge in [0.25, 0.3) is 0 Å². The summed E-state index contributed by atoms with van der Waals surface area (Å²) in [6.45, 7) is 4.48. The van der Waals surface area contributed by atoms with Crippen LogP contribution in [0.4, 0.5) is 16.2 Å². The summed E-state index contributed by atoms with van der Waals surface area (Å²) < 4.78 is 0. The Morgan fingerprint density at radius 3 is 2.76 bits per heavy atom. The van der Waals surface area contributed by atoms with Gasteiger partial charge in [-0.05, 0) is 56.5 Å². The van der Waals surface area contributed by atoms with Crippen LogP contribution >= 0.6 is 0 Å². The molecular formula is C25H32N6O2. The first-order valence-corrected chi connectivity index (χ1v) is 11.7. The molecule has 3 aromatic rings. The summed E-state index contributed by atoms with van der Waals surface area (Å²) in [5.74, 6) is 0.795. The minimum Gasteiger partial charge on any atom is -0.371 e. The van der Waals surface area contributed by atoms with Gasteiger partial charge >= 0.3 is 6.03 Å². The number of aryl methyl sites for hydroxylation is 1. The SMILES string of the molecule is CC(CC(=O)Nc1cccc(N2CCCC2)c1)NC(=O)NCCCc1nc2ccccc2[nH]1. The lowest BCUT2D eigenvalue weighted by Crippen LogP contribution is -2.42. The van der Waals surface area contributed by atoms with Crippen molar-refractivity contribution in [2.75, 3.05) is 29.9 Å². The molecule has 2 aromatic carbocycles. The highest BCUT2D eigenvalue weighted by atomic mass is 16.2. The number of rotatable bonds is 9. The van der Waals surface area contributed by atoms with Crippen LogP contribution < -0.4 is 20.9 Å². The highest BCUT2D eigenvalue weighted by molar-refractivity contribution is 5.92. The van der Waals surface area contributed by atoms with E-state index in [9.17, 15) is 9.59 Å². The fourth-order valence-corrected chi connectivity index (χ4v) is 4.15. The number of benzene rings is 2. The van der Waals surface area contributed by atoms with Crippen LogP contribution in [0.25, 0.3) is 11.0 Å². The standard InChI is InChI=1S/C25H32N6O2/c1-18(16-24(32)28-19-8-6-9-20(17-19)31-14-4-5-15-31)27-25(33)26-13-7-12-23-29-21-10-2-3-11-22(21)30-23/h2-3,6,8-11,17-18H,4-5,7,12-16H2,1H3,(H,28,32)(H,29,30)(H2,26,27,33). The molecule has 3 amide bonds. The second-order valence-electron chi connectivity index (χ2n) is 8.60. The fourth-order valence-electron chi connectivity index (χ4n) is 4.15. The number of aromatic nitrogens is 2. The Balaban J connectivity index is 1.14. The average molecular weight is 449 g/mol. The molecule has 0 aliphatic carbocycles. The molecule has 1 aromatic heterocycles. The van der Waals surface area contributed by atoms with Gasteiger partial charge in [-0.2, -0.15) is 0 Å². The monoisotopic (exact) mass is 448 g/mol. The number of hydrogen-bond acceptors (Lipinski definition) is 4. The summed E-state index contributed by atoms with van der Waals surface area (Å²) in [6.07, 6.45) is 4.16. The lowest BCUT2D eigenvalue weighted by atomic mass is 10.2. The van der Waals surface area contributed by atoms with E-state index in [0.717, 1.165) is 54.2 Å². The van der Waals surface area contributed by atoms with Gasteiger partial charge in [0, 0.05) is 49.9 Å². The maximum atomic E-state index is 12.4. The molecule has 1 atom stereocenters. The molecule has 4 N–H and O–H groups in total. The molecule has 0 spiro atoms. The lowest BCUT2D eigenvalue weighted by Gasteiger charge is -2.19. The number of fused-ring (bicyclic) bond motifs is 1. The predicted octanol–water partition coefficient (Wildman–Crippen LogP) is 3.81. The Kier molecular flexibility index (Phi) is 7.44. The number of carbonyl (C=O) groups is 2. The van der Waals surface area contributed by atoms with Crippen molar-refractivity contribution in [2.45, 2.75) is 45.1 Å². The summed E-state index contributed by atoms with van der Waals surface area (Å²) in [7, 11) is 0. The summed E-state index contributed by atoms with van der Waals surface area (Å²) in [5, 5.41) is 8.62. The number of hydrogen-bond donors (Lipinski definition) is 4. The fraction of sp³-hybridized carbons (Fsp3) is 0.400. The Labute approximate surface area is 194 Å². The van der Waals surface area contributed by atoms with Gasteiger partial charge in [0.15, 0.2) is 0 Å². The maximum absolute atomic E-state index is 12.4. The minimum absolute atomic E-state index is 0.119. The Bertz CT molecular complexity index is 1060. The quantitative estimate of drug-likeness (QED) is 0.374. The normalized spacial score (nSPS) is 14.3. The first-order chi connectivity index (χ1) is 16.1. The third-order valence-corrected chi connectivity index (χ3v) is 5.78. The van der Waals surface area contributed by atoms with E-state index < -0.39 is 0 Å². The van der Waals surface area contributed by atoms with E-state index in [-0.39, 0.29) is 24.4 Å². The van der Waals surface area contributed by atoms with Gasteiger partial charge < -0.3 is 25.8 Å². The van der Waals surface area contributed by atoms with Crippen LogP contribution in [0.15, 0.2) is 48.5 Å². The van der Waals surface area contributed by atoms with Crippen molar-refractivity contribution in [3.8, 4) is 0 Å². The third kappa shape index (κ3) is 6.47. The molecule has 0 bridgehead atoms. The summed E-state index contributed by atoms with van der Waals surface area (Å²) in [4.78, 5) is 34.7. The van der Waals surface area contributed by atoms with E-state index >= 15 is 0 Å². The van der Waals surface area contributed by atoms with Gasteiger partial charge in [0.05, 0.1) is 11.0 Å². The first kappa shape index (κ1) is 22.6. The number of para-hydroxylation sites is 2. The van der Waals surface area contributed by atoms with Gasteiger partial charge in [0.1, 0.15) is 5.82 Å². The van der Waals surface area contributed by atoms with E-state index in [0.29, 0.717) is 6.54 Å². The summed E-state index contributed by atoms with van der Waals surface area (Å²) in [6, 6.07) is 15.3. The molecule has 4 rings (SSSR count). The van der Waals surface area contributed by atoms with E-state index in [1.807, 2.05) is 49.4 Å². The summed E-state index contributed by atoms with van der Waals surface area (Å²) in [5.41, 5.74) is 3.89. The smallest absolute Gasteiger partial charge is 0.315 e. The number of nitrogens with zero attached hydrogens (tertiary/aromatic N) is 2. The largest absolute Gasteiger partial charge is 0.371 e. The Morgan fingerprint density at radius 1 is 1.12 bits per heavy atom. The molecule has 1 unspecified atom stereocenters. The van der Waals surface area contributed by atoms with Gasteiger partial charge in [-0.1, -0.05) is 18.2 Å². The van der Waals surface area contributed by atoms with Gasteiger partial charge in [-0.25, -0.2) is 9.78 Å². The van der Waals surface area contributed by atoms with Crippen LogP contribution in [-0.2, 0) is 11.2 Å². The summed E-state index contributed by atoms with van der Waals surface area (Å²) >= 11 is 0. The molecule has 1 aliphatic heterocycles. The van der Waals surface area contributed by atoms with Crippen LogP contribution in [0.3, 0.4) is 0 Å². The lowest BCUT2D eigenvalue weighted by molar-refractivity contribution is -0.116. The molecule has 1 aliphatic rings. The number of nitrogens with one attached hydrogen (secondary N) is 4. The van der Waals surface area contributed by atoms with Crippen molar-refractivity contribution >= 4 is 34.3 Å². The number of H-pyrrole nitrogens is 1. The highest BCUT2D eigenvalue weighted by Gasteiger charge is 2.15. The Hall–Kier alpha value is -3.55. The molecule has 0 saturated carbocycles.